The number of aromatic nitrogens is 1. The predicted molar refractivity (Wildman–Crippen MR) is 152 cm³/mol. The normalized spacial score (nSPS) is 15.3. The Balaban J connectivity index is 1.87. The van der Waals surface area contributed by atoms with E-state index in [1.807, 2.05) is 60.7 Å². The van der Waals surface area contributed by atoms with Gasteiger partial charge in [0.2, 0.25) is 0 Å². The fourth-order valence-electron chi connectivity index (χ4n) is 4.70. The first kappa shape index (κ1) is 25.9. The molecular weight excluding hydrogens is 568 g/mol. The van der Waals surface area contributed by atoms with Crippen LogP contribution in [0.25, 0.3) is 16.8 Å². The maximum atomic E-state index is 14.0. The summed E-state index contributed by atoms with van der Waals surface area (Å²) < 4.78 is 19.8. The SMILES string of the molecule is CCOC(=O)C1=C(C)N=c2sc(=Cc3cccc(Br)c3)c(=O)n2C1c1c(OC)ccc2ccc(OC)cc12. The second kappa shape index (κ2) is 10.6. The van der Waals surface area contributed by atoms with Gasteiger partial charge in [-0.05, 0) is 66.6 Å². The lowest BCUT2D eigenvalue weighted by molar-refractivity contribution is -0.139. The average molecular weight is 593 g/mol. The topological polar surface area (TPSA) is 79.1 Å². The van der Waals surface area contributed by atoms with Gasteiger partial charge in [0.05, 0.1) is 36.6 Å². The summed E-state index contributed by atoms with van der Waals surface area (Å²) in [7, 11) is 3.17. The van der Waals surface area contributed by atoms with Crippen molar-refractivity contribution in [2.24, 2.45) is 4.99 Å². The molecule has 9 heteroatoms. The van der Waals surface area contributed by atoms with Crippen molar-refractivity contribution in [1.29, 1.82) is 0 Å². The van der Waals surface area contributed by atoms with E-state index in [-0.39, 0.29) is 12.2 Å². The minimum Gasteiger partial charge on any atom is -0.497 e. The molecular formula is C29H25BrN2O5S. The van der Waals surface area contributed by atoms with E-state index >= 15 is 0 Å². The number of benzene rings is 3. The third-order valence-electron chi connectivity index (χ3n) is 6.39. The smallest absolute Gasteiger partial charge is 0.338 e. The number of allylic oxidation sites excluding steroid dienone is 1. The molecule has 194 valence electrons. The van der Waals surface area contributed by atoms with Gasteiger partial charge in [-0.25, -0.2) is 9.79 Å². The van der Waals surface area contributed by atoms with Crippen molar-refractivity contribution in [3.63, 3.8) is 0 Å². The highest BCUT2D eigenvalue weighted by Crippen LogP contribution is 2.41. The molecule has 1 unspecified atom stereocenters. The van der Waals surface area contributed by atoms with Crippen molar-refractivity contribution in [1.82, 2.24) is 4.57 Å². The van der Waals surface area contributed by atoms with Crippen LogP contribution < -0.4 is 24.4 Å². The molecule has 4 aromatic rings. The molecule has 1 atom stereocenters. The Morgan fingerprint density at radius 3 is 2.63 bits per heavy atom. The molecule has 38 heavy (non-hydrogen) atoms. The Hall–Kier alpha value is -3.69. The van der Waals surface area contributed by atoms with Gasteiger partial charge in [-0.1, -0.05) is 51.5 Å². The fraction of sp³-hybridized carbons (Fsp3) is 0.207. The minimum atomic E-state index is -0.819. The van der Waals surface area contributed by atoms with E-state index in [2.05, 4.69) is 20.9 Å². The Morgan fingerprint density at radius 1 is 1.13 bits per heavy atom. The number of nitrogens with zero attached hydrogens (tertiary/aromatic N) is 2. The number of carbonyl (C=O) groups excluding carboxylic acids is 1. The molecule has 0 aliphatic carbocycles. The molecule has 5 rings (SSSR count). The van der Waals surface area contributed by atoms with E-state index < -0.39 is 12.0 Å². The highest BCUT2D eigenvalue weighted by atomic mass is 79.9. The number of carbonyl (C=O) groups is 1. The van der Waals surface area contributed by atoms with E-state index in [1.165, 1.54) is 11.3 Å². The molecule has 0 radical (unpaired) electrons. The van der Waals surface area contributed by atoms with Crippen LogP contribution in [0.2, 0.25) is 0 Å². The van der Waals surface area contributed by atoms with Gasteiger partial charge in [-0.3, -0.25) is 9.36 Å². The highest BCUT2D eigenvalue weighted by Gasteiger charge is 2.36. The molecule has 3 aromatic carbocycles. The van der Waals surface area contributed by atoms with Gasteiger partial charge in [0, 0.05) is 10.0 Å². The summed E-state index contributed by atoms with van der Waals surface area (Å²) in [6.07, 6.45) is 1.83. The van der Waals surface area contributed by atoms with Crippen LogP contribution in [0, 0.1) is 0 Å². The van der Waals surface area contributed by atoms with Crippen molar-refractivity contribution in [3.8, 4) is 11.5 Å². The van der Waals surface area contributed by atoms with Gasteiger partial charge in [0.25, 0.3) is 5.56 Å². The van der Waals surface area contributed by atoms with Crippen LogP contribution in [-0.4, -0.2) is 31.4 Å². The van der Waals surface area contributed by atoms with Gasteiger partial charge in [0.15, 0.2) is 4.80 Å². The van der Waals surface area contributed by atoms with Crippen LogP contribution in [0.1, 0.15) is 31.0 Å². The van der Waals surface area contributed by atoms with Gasteiger partial charge < -0.3 is 14.2 Å². The van der Waals surface area contributed by atoms with Crippen molar-refractivity contribution in [2.75, 3.05) is 20.8 Å². The maximum absolute atomic E-state index is 14.0. The summed E-state index contributed by atoms with van der Waals surface area (Å²) in [6, 6.07) is 16.4. The van der Waals surface area contributed by atoms with Crippen molar-refractivity contribution in [3.05, 3.63) is 101 Å². The number of rotatable bonds is 6. The van der Waals surface area contributed by atoms with E-state index in [9.17, 15) is 9.59 Å². The summed E-state index contributed by atoms with van der Waals surface area (Å²) in [6.45, 7) is 3.71. The number of fused-ring (bicyclic) bond motifs is 2. The Bertz CT molecular complexity index is 1780. The number of methoxy groups -OCH3 is 2. The Labute approximate surface area is 231 Å². The molecule has 0 amide bonds. The molecule has 1 aromatic heterocycles. The Kier molecular flexibility index (Phi) is 7.23. The van der Waals surface area contributed by atoms with Crippen LogP contribution in [0.3, 0.4) is 0 Å². The van der Waals surface area contributed by atoms with Gasteiger partial charge in [-0.15, -0.1) is 0 Å². The van der Waals surface area contributed by atoms with Crippen molar-refractivity contribution < 1.29 is 19.0 Å². The highest BCUT2D eigenvalue weighted by molar-refractivity contribution is 9.10. The summed E-state index contributed by atoms with van der Waals surface area (Å²) in [5.74, 6) is 0.656. The molecule has 0 N–H and O–H groups in total. The molecule has 1 aliphatic heterocycles. The first-order chi connectivity index (χ1) is 18.4. The zero-order valence-corrected chi connectivity index (χ0v) is 23.7. The summed E-state index contributed by atoms with van der Waals surface area (Å²) in [5, 5.41) is 1.71. The summed E-state index contributed by atoms with van der Waals surface area (Å²) >= 11 is 4.77. The van der Waals surface area contributed by atoms with Crippen molar-refractivity contribution in [2.45, 2.75) is 19.9 Å². The van der Waals surface area contributed by atoms with E-state index in [4.69, 9.17) is 14.2 Å². The molecule has 0 fully saturated rings. The van der Waals surface area contributed by atoms with Gasteiger partial charge in [0.1, 0.15) is 17.5 Å². The van der Waals surface area contributed by atoms with Gasteiger partial charge >= 0.3 is 5.97 Å². The number of halogens is 1. The number of ether oxygens (including phenoxy) is 3. The average Bonchev–Trinajstić information content (AvgIpc) is 3.21. The standard InChI is InChI=1S/C29H25BrN2O5S/c1-5-37-28(34)24-16(2)31-29-32(27(33)23(38-29)14-17-7-6-8-19(30)13-17)26(24)25-21-15-20(35-3)11-9-18(21)10-12-22(25)36-4/h6-15,26H,5H2,1-4H3. The summed E-state index contributed by atoms with van der Waals surface area (Å²) in [4.78, 5) is 32.6. The van der Waals surface area contributed by atoms with Crippen LogP contribution in [0.4, 0.5) is 0 Å². The lowest BCUT2D eigenvalue weighted by Crippen LogP contribution is -2.40. The molecule has 0 saturated heterocycles. The maximum Gasteiger partial charge on any atom is 0.338 e. The molecule has 0 saturated carbocycles. The largest absolute Gasteiger partial charge is 0.497 e. The number of thiazole rings is 1. The number of hydrogen-bond acceptors (Lipinski definition) is 7. The van der Waals surface area contributed by atoms with Crippen molar-refractivity contribution >= 4 is 50.1 Å². The zero-order chi connectivity index (χ0) is 27.0. The molecule has 7 nitrogen and oxygen atoms in total. The minimum absolute atomic E-state index is 0.191. The molecule has 2 heterocycles. The second-order valence-corrected chi connectivity index (χ2v) is 10.6. The first-order valence-corrected chi connectivity index (χ1v) is 13.6. The zero-order valence-electron chi connectivity index (χ0n) is 21.3. The second-order valence-electron chi connectivity index (χ2n) is 8.63. The lowest BCUT2D eigenvalue weighted by Gasteiger charge is -2.27. The molecule has 0 spiro atoms. The quantitative estimate of drug-likeness (QED) is 0.302. The monoisotopic (exact) mass is 592 g/mol. The molecule has 0 bridgehead atoms. The number of hydrogen-bond donors (Lipinski definition) is 0. The third-order valence-corrected chi connectivity index (χ3v) is 7.86. The lowest BCUT2D eigenvalue weighted by atomic mass is 9.90. The molecule has 1 aliphatic rings. The number of esters is 1. The fourth-order valence-corrected chi connectivity index (χ4v) is 6.16. The van der Waals surface area contributed by atoms with E-state index in [1.54, 1.807) is 32.6 Å². The van der Waals surface area contributed by atoms with Gasteiger partial charge in [-0.2, -0.15) is 0 Å². The van der Waals surface area contributed by atoms with Crippen LogP contribution >= 0.6 is 27.3 Å². The summed E-state index contributed by atoms with van der Waals surface area (Å²) in [5.41, 5.74) is 2.06. The van der Waals surface area contributed by atoms with E-state index in [0.29, 0.717) is 37.7 Å². The first-order valence-electron chi connectivity index (χ1n) is 12.0. The Morgan fingerprint density at radius 2 is 1.92 bits per heavy atom. The van der Waals surface area contributed by atoms with Crippen LogP contribution in [0.15, 0.2) is 80.1 Å². The third kappa shape index (κ3) is 4.56. The predicted octanol–water partition coefficient (Wildman–Crippen LogP) is 4.73. The van der Waals surface area contributed by atoms with Crippen LogP contribution in [0.5, 0.6) is 11.5 Å². The van der Waals surface area contributed by atoms with E-state index in [0.717, 1.165) is 20.8 Å². The van der Waals surface area contributed by atoms with Crippen LogP contribution in [-0.2, 0) is 9.53 Å².